The van der Waals surface area contributed by atoms with E-state index in [0.717, 1.165) is 17.3 Å². The van der Waals surface area contributed by atoms with Crippen LogP contribution in [0.4, 0.5) is 0 Å². The molecule has 7 heteroatoms. The van der Waals surface area contributed by atoms with E-state index in [1.165, 1.54) is 6.92 Å². The zero-order chi connectivity index (χ0) is 16.7. The first kappa shape index (κ1) is 15.1. The largest absolute Gasteiger partial charge is 0.376 e. The standard InChI is InChI=1S/C17H20N4O3/c1-10(22)19-16-15(12-6-7-24-17(12)16)20-14(23)9-21-13-5-3-2-4-11(13)8-18-21/h2-5,8,12,15-17H,6-7,9H2,1H3,(H,19,22)(H,20,23)/t12-,15+,16-,17-/m1/s1. The molecule has 2 N–H and O–H groups in total. The summed E-state index contributed by atoms with van der Waals surface area (Å²) >= 11 is 0. The van der Waals surface area contributed by atoms with Gasteiger partial charge in [-0.15, -0.1) is 0 Å². The molecule has 2 aromatic rings. The molecule has 2 aliphatic rings. The third-order valence-corrected chi connectivity index (χ3v) is 4.93. The van der Waals surface area contributed by atoms with Gasteiger partial charge in [-0.2, -0.15) is 5.10 Å². The summed E-state index contributed by atoms with van der Waals surface area (Å²) in [4.78, 5) is 23.8. The summed E-state index contributed by atoms with van der Waals surface area (Å²) in [5.41, 5.74) is 0.932. The Balaban J connectivity index is 1.44. The molecule has 2 fully saturated rings. The van der Waals surface area contributed by atoms with Crippen LogP contribution < -0.4 is 10.6 Å². The predicted octanol–water partition coefficient (Wildman–Crippen LogP) is 0.445. The average Bonchev–Trinajstić information content (AvgIpc) is 3.16. The smallest absolute Gasteiger partial charge is 0.242 e. The minimum absolute atomic E-state index is 0.0183. The van der Waals surface area contributed by atoms with E-state index in [-0.39, 0.29) is 42.5 Å². The Morgan fingerprint density at radius 2 is 2.12 bits per heavy atom. The lowest BCUT2D eigenvalue weighted by Gasteiger charge is -2.47. The summed E-state index contributed by atoms with van der Waals surface area (Å²) < 4.78 is 7.35. The Morgan fingerprint density at radius 1 is 1.29 bits per heavy atom. The Kier molecular flexibility index (Phi) is 3.72. The van der Waals surface area contributed by atoms with E-state index >= 15 is 0 Å². The number of fused-ring (bicyclic) bond motifs is 2. The minimum atomic E-state index is -0.145. The summed E-state index contributed by atoms with van der Waals surface area (Å²) in [7, 11) is 0. The highest BCUT2D eigenvalue weighted by Crippen LogP contribution is 2.39. The molecule has 1 aromatic heterocycles. The number of nitrogens with one attached hydrogen (secondary N) is 2. The molecule has 1 aliphatic heterocycles. The molecule has 7 nitrogen and oxygen atoms in total. The quantitative estimate of drug-likeness (QED) is 0.853. The first-order chi connectivity index (χ1) is 11.6. The number of rotatable bonds is 4. The first-order valence-corrected chi connectivity index (χ1v) is 8.22. The molecule has 2 amide bonds. The number of hydrogen-bond acceptors (Lipinski definition) is 4. The molecule has 1 saturated heterocycles. The Labute approximate surface area is 139 Å². The van der Waals surface area contributed by atoms with Gasteiger partial charge < -0.3 is 15.4 Å². The summed E-state index contributed by atoms with van der Waals surface area (Å²) in [6.45, 7) is 2.33. The number of carbonyl (C=O) groups is 2. The maximum Gasteiger partial charge on any atom is 0.242 e. The van der Waals surface area contributed by atoms with Crippen molar-refractivity contribution >= 4 is 22.7 Å². The second kappa shape index (κ2) is 5.90. The van der Waals surface area contributed by atoms with Crippen molar-refractivity contribution in [3.63, 3.8) is 0 Å². The number of nitrogens with zero attached hydrogens (tertiary/aromatic N) is 2. The monoisotopic (exact) mass is 328 g/mol. The maximum atomic E-state index is 12.5. The van der Waals surface area contributed by atoms with Crippen molar-refractivity contribution in [2.75, 3.05) is 6.61 Å². The van der Waals surface area contributed by atoms with Gasteiger partial charge in [-0.3, -0.25) is 14.3 Å². The Bertz CT molecular complexity index is 787. The van der Waals surface area contributed by atoms with Gasteiger partial charge in [0.1, 0.15) is 6.54 Å². The molecule has 1 aliphatic carbocycles. The van der Waals surface area contributed by atoms with E-state index in [0.29, 0.717) is 6.61 Å². The van der Waals surface area contributed by atoms with Crippen LogP contribution in [-0.4, -0.2) is 46.4 Å². The predicted molar refractivity (Wildman–Crippen MR) is 87.1 cm³/mol. The SMILES string of the molecule is CC(=O)N[C@@H]1[C@@H](NC(=O)Cn2ncc3ccccc32)[C@H]2CCO[C@H]21. The summed E-state index contributed by atoms with van der Waals surface area (Å²) in [5.74, 6) is 0.0704. The molecule has 0 bridgehead atoms. The van der Waals surface area contributed by atoms with Gasteiger partial charge in [0.2, 0.25) is 11.8 Å². The molecular formula is C17H20N4O3. The van der Waals surface area contributed by atoms with Crippen molar-refractivity contribution in [3.8, 4) is 0 Å². The van der Waals surface area contributed by atoms with Crippen LogP contribution in [0.15, 0.2) is 30.5 Å². The highest BCUT2D eigenvalue weighted by atomic mass is 16.5. The number of aromatic nitrogens is 2. The molecule has 4 rings (SSSR count). The number of benzene rings is 1. The zero-order valence-corrected chi connectivity index (χ0v) is 13.4. The Hall–Kier alpha value is -2.41. The van der Waals surface area contributed by atoms with Gasteiger partial charge in [0, 0.05) is 24.8 Å². The van der Waals surface area contributed by atoms with E-state index in [4.69, 9.17) is 4.74 Å². The second-order valence-corrected chi connectivity index (χ2v) is 6.47. The van der Waals surface area contributed by atoms with Gasteiger partial charge in [-0.25, -0.2) is 0 Å². The van der Waals surface area contributed by atoms with Crippen molar-refractivity contribution < 1.29 is 14.3 Å². The van der Waals surface area contributed by atoms with Crippen molar-refractivity contribution in [1.29, 1.82) is 0 Å². The van der Waals surface area contributed by atoms with Crippen LogP contribution >= 0.6 is 0 Å². The van der Waals surface area contributed by atoms with Gasteiger partial charge in [-0.05, 0) is 12.5 Å². The van der Waals surface area contributed by atoms with E-state index < -0.39 is 0 Å². The minimum Gasteiger partial charge on any atom is -0.376 e. The van der Waals surface area contributed by atoms with Gasteiger partial charge in [0.15, 0.2) is 0 Å². The molecule has 0 radical (unpaired) electrons. The lowest BCUT2D eigenvalue weighted by atomic mass is 9.71. The number of hydrogen-bond donors (Lipinski definition) is 2. The van der Waals surface area contributed by atoms with Crippen LogP contribution in [0.3, 0.4) is 0 Å². The zero-order valence-electron chi connectivity index (χ0n) is 13.4. The second-order valence-electron chi connectivity index (χ2n) is 6.47. The molecule has 1 saturated carbocycles. The number of amides is 2. The van der Waals surface area contributed by atoms with E-state index in [2.05, 4.69) is 15.7 Å². The fourth-order valence-electron chi connectivity index (χ4n) is 3.83. The van der Waals surface area contributed by atoms with Crippen molar-refractivity contribution in [2.45, 2.75) is 38.1 Å². The molecule has 24 heavy (non-hydrogen) atoms. The highest BCUT2D eigenvalue weighted by Gasteiger charge is 2.54. The van der Waals surface area contributed by atoms with E-state index in [1.54, 1.807) is 10.9 Å². The maximum absolute atomic E-state index is 12.5. The van der Waals surface area contributed by atoms with Crippen LogP contribution in [-0.2, 0) is 20.9 Å². The number of para-hydroxylation sites is 1. The molecule has 1 aromatic carbocycles. The average molecular weight is 328 g/mol. The fourth-order valence-corrected chi connectivity index (χ4v) is 3.83. The third-order valence-electron chi connectivity index (χ3n) is 4.93. The van der Waals surface area contributed by atoms with Crippen LogP contribution in [0.5, 0.6) is 0 Å². The van der Waals surface area contributed by atoms with Gasteiger partial charge in [0.05, 0.1) is 29.9 Å². The van der Waals surface area contributed by atoms with Crippen LogP contribution in [0, 0.1) is 5.92 Å². The fraction of sp³-hybridized carbons (Fsp3) is 0.471. The van der Waals surface area contributed by atoms with E-state index in [1.807, 2.05) is 24.3 Å². The molecule has 2 heterocycles. The lowest BCUT2D eigenvalue weighted by molar-refractivity contribution is -0.130. The number of carbonyl (C=O) groups excluding carboxylic acids is 2. The van der Waals surface area contributed by atoms with Gasteiger partial charge in [0.25, 0.3) is 0 Å². The van der Waals surface area contributed by atoms with Crippen LogP contribution in [0.1, 0.15) is 13.3 Å². The van der Waals surface area contributed by atoms with Gasteiger partial charge in [-0.1, -0.05) is 18.2 Å². The molecule has 0 unspecified atom stereocenters. The lowest BCUT2D eigenvalue weighted by Crippen LogP contribution is -2.71. The first-order valence-electron chi connectivity index (χ1n) is 8.22. The van der Waals surface area contributed by atoms with Crippen molar-refractivity contribution in [2.24, 2.45) is 5.92 Å². The number of ether oxygens (including phenoxy) is 1. The molecule has 126 valence electrons. The van der Waals surface area contributed by atoms with Gasteiger partial charge >= 0.3 is 0 Å². The summed E-state index contributed by atoms with van der Waals surface area (Å²) in [5, 5.41) is 11.2. The highest BCUT2D eigenvalue weighted by molar-refractivity contribution is 5.82. The molecule has 4 atom stereocenters. The molecule has 0 spiro atoms. The summed E-state index contributed by atoms with van der Waals surface area (Å²) in [6, 6.07) is 7.57. The van der Waals surface area contributed by atoms with Crippen molar-refractivity contribution in [1.82, 2.24) is 20.4 Å². The third kappa shape index (κ3) is 2.54. The molecular weight excluding hydrogens is 308 g/mol. The van der Waals surface area contributed by atoms with E-state index in [9.17, 15) is 9.59 Å². The summed E-state index contributed by atoms with van der Waals surface area (Å²) in [6.07, 6.45) is 2.69. The van der Waals surface area contributed by atoms with Crippen LogP contribution in [0.2, 0.25) is 0 Å². The van der Waals surface area contributed by atoms with Crippen LogP contribution in [0.25, 0.3) is 10.9 Å². The Morgan fingerprint density at radius 3 is 2.96 bits per heavy atom. The normalized spacial score (nSPS) is 28.2. The van der Waals surface area contributed by atoms with Crippen molar-refractivity contribution in [3.05, 3.63) is 30.5 Å². The topological polar surface area (TPSA) is 85.3 Å².